The molecule has 18 heavy (non-hydrogen) atoms. The Morgan fingerprint density at radius 2 is 2.28 bits per heavy atom. The Kier molecular flexibility index (Phi) is 4.78. The fraction of sp³-hybridized carbons (Fsp3) is 0.200. The number of hydrogen-bond donors (Lipinski definition) is 1. The van der Waals surface area contributed by atoms with Crippen molar-refractivity contribution in [1.82, 2.24) is 0 Å². The Labute approximate surface area is 110 Å². The lowest BCUT2D eigenvalue weighted by molar-refractivity contribution is -0.384. The van der Waals surface area contributed by atoms with E-state index in [1.165, 1.54) is 12.1 Å². The number of amides is 1. The van der Waals surface area contributed by atoms with Crippen LogP contribution in [0.5, 0.6) is 0 Å². The smallest absolute Gasteiger partial charge is 0.345 e. The predicted molar refractivity (Wildman–Crippen MR) is 66.4 cm³/mol. The molecule has 0 saturated carbocycles. The Morgan fingerprint density at radius 3 is 2.78 bits per heavy atom. The maximum atomic E-state index is 11.6. The molecule has 8 heteroatoms. The van der Waals surface area contributed by atoms with E-state index in [9.17, 15) is 19.7 Å². The van der Waals surface area contributed by atoms with Gasteiger partial charge in [-0.15, -0.1) is 0 Å². The van der Waals surface area contributed by atoms with Gasteiger partial charge in [-0.2, -0.15) is 0 Å². The lowest BCUT2D eigenvalue weighted by Crippen LogP contribution is -2.10. The van der Waals surface area contributed by atoms with Gasteiger partial charge in [0.05, 0.1) is 11.5 Å². The molecule has 1 rings (SSSR count). The van der Waals surface area contributed by atoms with Crippen LogP contribution >= 0.6 is 15.9 Å². The van der Waals surface area contributed by atoms with Crippen LogP contribution in [0.25, 0.3) is 0 Å². The highest BCUT2D eigenvalue weighted by atomic mass is 79.9. The molecule has 0 spiro atoms. The van der Waals surface area contributed by atoms with E-state index in [4.69, 9.17) is 4.74 Å². The number of nitro groups is 1. The third-order valence-corrected chi connectivity index (χ3v) is 2.67. The molecule has 0 aliphatic rings. The quantitative estimate of drug-likeness (QED) is 0.388. The highest BCUT2D eigenvalue weighted by molar-refractivity contribution is 9.10. The van der Waals surface area contributed by atoms with Crippen molar-refractivity contribution in [2.24, 2.45) is 0 Å². The van der Waals surface area contributed by atoms with Crippen molar-refractivity contribution in [3.8, 4) is 0 Å². The topological polar surface area (TPSA) is 98.5 Å². The first-order valence-electron chi connectivity index (χ1n) is 4.87. The molecule has 0 radical (unpaired) electrons. The van der Waals surface area contributed by atoms with Crippen LogP contribution in [0, 0.1) is 10.1 Å². The van der Waals surface area contributed by atoms with E-state index in [0.29, 0.717) is 10.9 Å². The summed E-state index contributed by atoms with van der Waals surface area (Å²) in [6.07, 6.45) is 0.294. The van der Waals surface area contributed by atoms with E-state index in [-0.39, 0.29) is 17.9 Å². The molecule has 0 aromatic heterocycles. The zero-order valence-electron chi connectivity index (χ0n) is 9.31. The molecule has 1 N–H and O–H groups in total. The van der Waals surface area contributed by atoms with Crippen LogP contribution in [0.2, 0.25) is 0 Å². The number of nitro benzene ring substituents is 1. The first-order chi connectivity index (χ1) is 8.52. The van der Waals surface area contributed by atoms with E-state index in [0.717, 1.165) is 0 Å². The molecular weight excluding hydrogens is 308 g/mol. The molecule has 0 aliphatic heterocycles. The fourth-order valence-electron chi connectivity index (χ4n) is 1.33. The van der Waals surface area contributed by atoms with E-state index in [1.807, 2.05) is 0 Å². The van der Waals surface area contributed by atoms with Gasteiger partial charge in [-0.1, -0.05) is 0 Å². The van der Waals surface area contributed by atoms with Crippen molar-refractivity contribution < 1.29 is 19.2 Å². The van der Waals surface area contributed by atoms with Crippen LogP contribution in [0.3, 0.4) is 0 Å². The number of ether oxygens (including phenoxy) is 1. The largest absolute Gasteiger partial charge is 0.462 e. The zero-order valence-corrected chi connectivity index (χ0v) is 10.9. The average Bonchev–Trinajstić information content (AvgIpc) is 2.31. The third kappa shape index (κ3) is 2.83. The summed E-state index contributed by atoms with van der Waals surface area (Å²) < 4.78 is 5.02. The molecule has 0 unspecified atom stereocenters. The summed E-state index contributed by atoms with van der Waals surface area (Å²) in [5, 5.41) is 13.2. The number of rotatable bonds is 5. The van der Waals surface area contributed by atoms with E-state index in [1.54, 1.807) is 6.92 Å². The van der Waals surface area contributed by atoms with Gasteiger partial charge >= 0.3 is 11.7 Å². The van der Waals surface area contributed by atoms with Gasteiger partial charge in [0.15, 0.2) is 0 Å². The molecule has 7 nitrogen and oxygen atoms in total. The highest BCUT2D eigenvalue weighted by Gasteiger charge is 2.27. The van der Waals surface area contributed by atoms with Crippen molar-refractivity contribution in [2.45, 2.75) is 6.92 Å². The molecule has 1 amide bonds. The number of nitrogens with zero attached hydrogens (tertiary/aromatic N) is 1. The monoisotopic (exact) mass is 316 g/mol. The highest BCUT2D eigenvalue weighted by Crippen LogP contribution is 2.35. The van der Waals surface area contributed by atoms with Gasteiger partial charge in [-0.3, -0.25) is 14.9 Å². The summed E-state index contributed by atoms with van der Waals surface area (Å²) in [5.74, 6) is -0.814. The number of carbonyl (C=O) groups excluding carboxylic acids is 2. The Hall–Kier alpha value is -1.96. The van der Waals surface area contributed by atoms with Crippen LogP contribution < -0.4 is 5.32 Å². The van der Waals surface area contributed by atoms with Crippen molar-refractivity contribution in [3.05, 3.63) is 32.3 Å². The van der Waals surface area contributed by atoms with Crippen molar-refractivity contribution in [1.29, 1.82) is 0 Å². The van der Waals surface area contributed by atoms with Gasteiger partial charge in [0.25, 0.3) is 0 Å². The molecule has 0 aliphatic carbocycles. The van der Waals surface area contributed by atoms with Gasteiger partial charge < -0.3 is 10.1 Å². The summed E-state index contributed by atoms with van der Waals surface area (Å²) in [6.45, 7) is 1.69. The standard InChI is InChI=1S/C10H9BrN2O5/c1-2-18-10(15)6-3-4-7(11)8(12-5-14)9(6)13(16)17/h3-5H,2H2,1H3,(H,12,14). The van der Waals surface area contributed by atoms with Crippen LogP contribution in [0.1, 0.15) is 17.3 Å². The fourth-order valence-corrected chi connectivity index (χ4v) is 1.76. The Morgan fingerprint density at radius 1 is 1.61 bits per heavy atom. The van der Waals surface area contributed by atoms with Crippen LogP contribution in [0.4, 0.5) is 11.4 Å². The minimum Gasteiger partial charge on any atom is -0.462 e. The molecule has 0 fully saturated rings. The predicted octanol–water partition coefficient (Wildman–Crippen LogP) is 2.10. The van der Waals surface area contributed by atoms with Gasteiger partial charge in [0.2, 0.25) is 6.41 Å². The van der Waals surface area contributed by atoms with Crippen LogP contribution in [-0.4, -0.2) is 23.9 Å². The average molecular weight is 317 g/mol. The number of nitrogens with one attached hydrogen (secondary N) is 1. The first-order valence-corrected chi connectivity index (χ1v) is 5.66. The van der Waals surface area contributed by atoms with Crippen molar-refractivity contribution in [3.63, 3.8) is 0 Å². The summed E-state index contributed by atoms with van der Waals surface area (Å²) in [5.41, 5.74) is -0.801. The lowest BCUT2D eigenvalue weighted by Gasteiger charge is -2.08. The van der Waals surface area contributed by atoms with E-state index < -0.39 is 16.6 Å². The number of esters is 1. The maximum absolute atomic E-state index is 11.6. The Balaban J connectivity index is 3.43. The molecule has 0 heterocycles. The number of carbonyl (C=O) groups is 2. The number of halogens is 1. The van der Waals surface area contributed by atoms with Crippen LogP contribution in [0.15, 0.2) is 16.6 Å². The second-order valence-electron chi connectivity index (χ2n) is 3.06. The maximum Gasteiger partial charge on any atom is 0.345 e. The molecule has 0 bridgehead atoms. The Bertz CT molecular complexity index is 503. The minimum absolute atomic E-state index is 0.0828. The first kappa shape index (κ1) is 14.1. The second kappa shape index (κ2) is 6.10. The summed E-state index contributed by atoms with van der Waals surface area (Å²) in [6, 6.07) is 2.68. The van der Waals surface area contributed by atoms with Crippen molar-refractivity contribution in [2.75, 3.05) is 11.9 Å². The summed E-state index contributed by atoms with van der Waals surface area (Å²) >= 11 is 3.06. The van der Waals surface area contributed by atoms with E-state index in [2.05, 4.69) is 21.2 Å². The normalized spacial score (nSPS) is 9.67. The molecule has 1 aromatic rings. The van der Waals surface area contributed by atoms with Gasteiger partial charge in [0.1, 0.15) is 11.3 Å². The molecule has 0 saturated heterocycles. The zero-order chi connectivity index (χ0) is 13.7. The van der Waals surface area contributed by atoms with Gasteiger partial charge in [-0.05, 0) is 35.0 Å². The van der Waals surface area contributed by atoms with Gasteiger partial charge in [0, 0.05) is 4.47 Å². The summed E-state index contributed by atoms with van der Waals surface area (Å²) in [7, 11) is 0. The number of anilines is 1. The lowest BCUT2D eigenvalue weighted by atomic mass is 10.1. The molecule has 0 atom stereocenters. The van der Waals surface area contributed by atoms with Crippen LogP contribution in [-0.2, 0) is 9.53 Å². The number of hydrogen-bond acceptors (Lipinski definition) is 5. The number of benzene rings is 1. The SMILES string of the molecule is CCOC(=O)c1ccc(Br)c(NC=O)c1[N+](=O)[O-]. The molecule has 96 valence electrons. The van der Waals surface area contributed by atoms with Crippen molar-refractivity contribution >= 4 is 39.7 Å². The summed E-state index contributed by atoms with van der Waals surface area (Å²) in [4.78, 5) is 32.3. The van der Waals surface area contributed by atoms with Gasteiger partial charge in [-0.25, -0.2) is 4.79 Å². The minimum atomic E-state index is -0.814. The third-order valence-electron chi connectivity index (χ3n) is 2.01. The van der Waals surface area contributed by atoms with E-state index >= 15 is 0 Å². The molecular formula is C10H9BrN2O5. The second-order valence-corrected chi connectivity index (χ2v) is 3.91. The molecule has 1 aromatic carbocycles.